The number of benzene rings is 1. The maximum absolute atomic E-state index is 14.2. The summed E-state index contributed by atoms with van der Waals surface area (Å²) in [5, 5.41) is 12.8. The number of aromatic nitrogens is 3. The topological polar surface area (TPSA) is 74.5 Å². The van der Waals surface area contributed by atoms with Gasteiger partial charge < -0.3 is 10.0 Å². The van der Waals surface area contributed by atoms with E-state index in [0.29, 0.717) is 38.3 Å². The van der Waals surface area contributed by atoms with Crippen molar-refractivity contribution in [2.45, 2.75) is 0 Å². The van der Waals surface area contributed by atoms with E-state index in [1.54, 1.807) is 11.0 Å². The first-order chi connectivity index (χ1) is 11.2. The van der Waals surface area contributed by atoms with Gasteiger partial charge in [-0.1, -0.05) is 0 Å². The molecule has 0 atom stereocenters. The second-order valence-electron chi connectivity index (χ2n) is 5.36. The summed E-state index contributed by atoms with van der Waals surface area (Å²) in [6, 6.07) is 4.36. The number of nitrogens with zero attached hydrogens (tertiary/aromatic N) is 5. The molecule has 2 heterocycles. The second-order valence-corrected chi connectivity index (χ2v) is 5.36. The number of hydrogen-bond donors (Lipinski definition) is 1. The molecule has 8 heteroatoms. The molecule has 122 valence electrons. The number of hydrogen-bond acceptors (Lipinski definition) is 5. The van der Waals surface area contributed by atoms with Gasteiger partial charge in [0.2, 0.25) is 0 Å². The van der Waals surface area contributed by atoms with Crippen LogP contribution >= 0.6 is 0 Å². The molecule has 0 saturated carbocycles. The Bertz CT molecular complexity index is 669. The fourth-order valence-electron chi connectivity index (χ4n) is 2.66. The Morgan fingerprint density at radius 1 is 1.26 bits per heavy atom. The van der Waals surface area contributed by atoms with Gasteiger partial charge in [0, 0.05) is 38.3 Å². The molecular formula is C15H18FN5O2. The molecule has 0 aliphatic carbocycles. The molecule has 23 heavy (non-hydrogen) atoms. The van der Waals surface area contributed by atoms with Crippen molar-refractivity contribution in [2.24, 2.45) is 0 Å². The lowest BCUT2D eigenvalue weighted by atomic mass is 10.1. The summed E-state index contributed by atoms with van der Waals surface area (Å²) < 4.78 is 15.5. The van der Waals surface area contributed by atoms with E-state index in [2.05, 4.69) is 15.0 Å². The minimum Gasteiger partial charge on any atom is -0.395 e. The predicted octanol–water partition coefficient (Wildman–Crippen LogP) is 0.157. The van der Waals surface area contributed by atoms with Crippen LogP contribution < -0.4 is 0 Å². The summed E-state index contributed by atoms with van der Waals surface area (Å²) >= 11 is 0. The summed E-state index contributed by atoms with van der Waals surface area (Å²) in [6.07, 6.45) is 2.73. The Hall–Kier alpha value is -2.32. The van der Waals surface area contributed by atoms with Crippen LogP contribution in [0.2, 0.25) is 0 Å². The quantitative estimate of drug-likeness (QED) is 0.869. The van der Waals surface area contributed by atoms with Gasteiger partial charge in [-0.05, 0) is 18.2 Å². The molecule has 7 nitrogen and oxygen atoms in total. The van der Waals surface area contributed by atoms with E-state index < -0.39 is 5.82 Å². The number of halogens is 1. The SMILES string of the molecule is O=C(c1ccc(-n2cncn2)c(F)c1)N1CCN(CCO)CC1. The molecule has 1 aromatic carbocycles. The van der Waals surface area contributed by atoms with Crippen molar-refractivity contribution in [3.05, 3.63) is 42.2 Å². The molecule has 0 bridgehead atoms. The summed E-state index contributed by atoms with van der Waals surface area (Å²) in [5.41, 5.74) is 0.578. The van der Waals surface area contributed by atoms with Crippen LogP contribution in [0.1, 0.15) is 10.4 Å². The first-order valence-corrected chi connectivity index (χ1v) is 7.46. The Morgan fingerprint density at radius 3 is 2.65 bits per heavy atom. The van der Waals surface area contributed by atoms with Crippen LogP contribution in [0.15, 0.2) is 30.9 Å². The minimum absolute atomic E-state index is 0.114. The number of carbonyl (C=O) groups excluding carboxylic acids is 1. The van der Waals surface area contributed by atoms with E-state index in [0.717, 1.165) is 0 Å². The normalized spacial score (nSPS) is 15.8. The molecule has 0 radical (unpaired) electrons. The average molecular weight is 319 g/mol. The molecule has 1 amide bonds. The number of β-amino-alcohol motifs (C(OH)–C–C–N with tert-alkyl or cyclic N) is 1. The van der Waals surface area contributed by atoms with Gasteiger partial charge >= 0.3 is 0 Å². The van der Waals surface area contributed by atoms with Crippen molar-refractivity contribution in [2.75, 3.05) is 39.3 Å². The van der Waals surface area contributed by atoms with E-state index in [1.165, 1.54) is 29.5 Å². The largest absolute Gasteiger partial charge is 0.395 e. The number of amides is 1. The van der Waals surface area contributed by atoms with E-state index >= 15 is 0 Å². The van der Waals surface area contributed by atoms with Crippen LogP contribution in [0.5, 0.6) is 0 Å². The number of aliphatic hydroxyl groups excluding tert-OH is 1. The zero-order valence-electron chi connectivity index (χ0n) is 12.6. The lowest BCUT2D eigenvalue weighted by Gasteiger charge is -2.34. The van der Waals surface area contributed by atoms with Crippen LogP contribution in [0.3, 0.4) is 0 Å². The molecule has 1 saturated heterocycles. The Balaban J connectivity index is 1.70. The van der Waals surface area contributed by atoms with Crippen molar-refractivity contribution in [3.8, 4) is 5.69 Å². The van der Waals surface area contributed by atoms with E-state index in [-0.39, 0.29) is 18.2 Å². The Kier molecular flexibility index (Phi) is 4.63. The molecule has 0 spiro atoms. The van der Waals surface area contributed by atoms with Crippen molar-refractivity contribution < 1.29 is 14.3 Å². The number of carbonyl (C=O) groups is 1. The monoisotopic (exact) mass is 319 g/mol. The summed E-state index contributed by atoms with van der Waals surface area (Å²) in [4.78, 5) is 20.1. The summed E-state index contributed by atoms with van der Waals surface area (Å²) in [5.74, 6) is -0.696. The molecule has 1 N–H and O–H groups in total. The number of piperazine rings is 1. The number of aliphatic hydroxyl groups is 1. The van der Waals surface area contributed by atoms with Gasteiger partial charge in [-0.15, -0.1) is 0 Å². The molecular weight excluding hydrogens is 301 g/mol. The third-order valence-corrected chi connectivity index (χ3v) is 3.94. The Labute approximate surface area is 133 Å². The predicted molar refractivity (Wildman–Crippen MR) is 80.7 cm³/mol. The summed E-state index contributed by atoms with van der Waals surface area (Å²) in [6.45, 7) is 3.31. The van der Waals surface area contributed by atoms with Gasteiger partial charge in [0.15, 0.2) is 0 Å². The van der Waals surface area contributed by atoms with Crippen LogP contribution in [0, 0.1) is 5.82 Å². The lowest BCUT2D eigenvalue weighted by molar-refractivity contribution is 0.0614. The first-order valence-electron chi connectivity index (χ1n) is 7.46. The third-order valence-electron chi connectivity index (χ3n) is 3.94. The second kappa shape index (κ2) is 6.84. The van der Waals surface area contributed by atoms with Crippen LogP contribution in [-0.4, -0.2) is 74.9 Å². The first kappa shape index (κ1) is 15.6. The van der Waals surface area contributed by atoms with Crippen molar-refractivity contribution in [1.29, 1.82) is 0 Å². The standard InChI is InChI=1S/C15H18FN5O2/c16-13-9-12(1-2-14(13)21-11-17-10-18-21)15(23)20-5-3-19(4-6-20)7-8-22/h1-2,9-11,22H,3-8H2. The summed E-state index contributed by atoms with van der Waals surface area (Å²) in [7, 11) is 0. The molecule has 1 aromatic heterocycles. The van der Waals surface area contributed by atoms with Gasteiger partial charge in [0.05, 0.1) is 6.61 Å². The van der Waals surface area contributed by atoms with Crippen LogP contribution in [0.25, 0.3) is 5.69 Å². The van der Waals surface area contributed by atoms with Gasteiger partial charge in [-0.2, -0.15) is 5.10 Å². The van der Waals surface area contributed by atoms with Crippen molar-refractivity contribution in [3.63, 3.8) is 0 Å². The van der Waals surface area contributed by atoms with Crippen molar-refractivity contribution in [1.82, 2.24) is 24.6 Å². The highest BCUT2D eigenvalue weighted by atomic mass is 19.1. The van der Waals surface area contributed by atoms with Crippen LogP contribution in [-0.2, 0) is 0 Å². The van der Waals surface area contributed by atoms with Gasteiger partial charge in [0.1, 0.15) is 24.2 Å². The highest BCUT2D eigenvalue weighted by Gasteiger charge is 2.22. The maximum atomic E-state index is 14.2. The highest BCUT2D eigenvalue weighted by molar-refractivity contribution is 5.94. The minimum atomic E-state index is -0.514. The lowest BCUT2D eigenvalue weighted by Crippen LogP contribution is -2.49. The highest BCUT2D eigenvalue weighted by Crippen LogP contribution is 2.16. The average Bonchev–Trinajstić information content (AvgIpc) is 3.09. The third kappa shape index (κ3) is 3.38. The molecule has 3 rings (SSSR count). The fourth-order valence-corrected chi connectivity index (χ4v) is 2.66. The molecule has 1 aliphatic rings. The molecule has 2 aromatic rings. The van der Waals surface area contributed by atoms with Crippen LogP contribution in [0.4, 0.5) is 4.39 Å². The molecule has 1 aliphatic heterocycles. The zero-order valence-corrected chi connectivity index (χ0v) is 12.6. The number of rotatable bonds is 4. The van der Waals surface area contributed by atoms with Gasteiger partial charge in [0.25, 0.3) is 5.91 Å². The van der Waals surface area contributed by atoms with E-state index in [4.69, 9.17) is 5.11 Å². The molecule has 1 fully saturated rings. The van der Waals surface area contributed by atoms with Gasteiger partial charge in [-0.25, -0.2) is 14.1 Å². The maximum Gasteiger partial charge on any atom is 0.254 e. The van der Waals surface area contributed by atoms with Crippen molar-refractivity contribution >= 4 is 5.91 Å². The molecule has 0 unspecified atom stereocenters. The smallest absolute Gasteiger partial charge is 0.254 e. The Morgan fingerprint density at radius 2 is 2.04 bits per heavy atom. The van der Waals surface area contributed by atoms with E-state index in [9.17, 15) is 9.18 Å². The zero-order chi connectivity index (χ0) is 16.2. The fraction of sp³-hybridized carbons (Fsp3) is 0.400. The van der Waals surface area contributed by atoms with E-state index in [1.807, 2.05) is 0 Å². The van der Waals surface area contributed by atoms with Gasteiger partial charge in [-0.3, -0.25) is 9.69 Å².